The number of hydrogen-bond acceptors (Lipinski definition) is 7. The number of carbonyl (C=O) groups is 1. The Bertz CT molecular complexity index is 1150. The van der Waals surface area contributed by atoms with Crippen LogP contribution in [-0.4, -0.2) is 39.8 Å². The molecule has 0 radical (unpaired) electrons. The average Bonchev–Trinajstić information content (AvgIpc) is 3.36. The normalized spacial score (nSPS) is 15.8. The Hall–Kier alpha value is -2.78. The monoisotopic (exact) mass is 475 g/mol. The van der Waals surface area contributed by atoms with Crippen molar-refractivity contribution in [1.82, 2.24) is 20.5 Å². The summed E-state index contributed by atoms with van der Waals surface area (Å²) in [6.45, 7) is 6.19. The molecule has 2 aromatic heterocycles. The molecule has 7 nitrogen and oxygen atoms in total. The fourth-order valence-corrected chi connectivity index (χ4v) is 4.57. The zero-order chi connectivity index (χ0) is 22.8. The van der Waals surface area contributed by atoms with E-state index < -0.39 is 5.82 Å². The molecule has 0 bridgehead atoms. The van der Waals surface area contributed by atoms with Gasteiger partial charge in [-0.3, -0.25) is 4.79 Å². The van der Waals surface area contributed by atoms with E-state index in [-0.39, 0.29) is 30.3 Å². The van der Waals surface area contributed by atoms with E-state index in [4.69, 9.17) is 16.3 Å². The summed E-state index contributed by atoms with van der Waals surface area (Å²) in [5, 5.41) is 16.1. The molecular weight excluding hydrogens is 453 g/mol. The minimum Gasteiger partial charge on any atom is -0.488 e. The number of hydrogen-bond donors (Lipinski definition) is 2. The zero-order valence-electron chi connectivity index (χ0n) is 17.9. The lowest BCUT2D eigenvalue weighted by Crippen LogP contribution is -2.31. The fraction of sp³-hybridized carbons (Fsp3) is 0.364. The number of benzene rings is 1. The zero-order valence-corrected chi connectivity index (χ0v) is 19.5. The van der Waals surface area contributed by atoms with E-state index in [0.717, 1.165) is 17.1 Å². The number of aromatic nitrogens is 3. The molecule has 1 saturated heterocycles. The molecule has 1 fully saturated rings. The van der Waals surface area contributed by atoms with E-state index in [9.17, 15) is 9.18 Å². The second-order valence-corrected chi connectivity index (χ2v) is 9.36. The molecule has 3 heterocycles. The molecule has 2 N–H and O–H groups in total. The Labute approximate surface area is 194 Å². The van der Waals surface area contributed by atoms with Gasteiger partial charge in [0, 0.05) is 35.3 Å². The number of rotatable bonds is 7. The van der Waals surface area contributed by atoms with E-state index in [2.05, 4.69) is 25.8 Å². The molecular formula is C22H23ClFN5O2S. The number of aryl methyl sites for hydroxylation is 1. The predicted octanol–water partition coefficient (Wildman–Crippen LogP) is 4.85. The van der Waals surface area contributed by atoms with Crippen molar-refractivity contribution in [2.45, 2.75) is 45.7 Å². The highest BCUT2D eigenvalue weighted by Gasteiger charge is 2.22. The highest BCUT2D eigenvalue weighted by molar-refractivity contribution is 7.18. The molecule has 1 aliphatic heterocycles. The molecule has 1 atom stereocenters. The van der Waals surface area contributed by atoms with Crippen molar-refractivity contribution in [3.63, 3.8) is 0 Å². The smallest absolute Gasteiger partial charge is 0.220 e. The maximum Gasteiger partial charge on any atom is 0.220 e. The minimum atomic E-state index is -0.548. The van der Waals surface area contributed by atoms with Crippen LogP contribution >= 0.6 is 22.9 Å². The van der Waals surface area contributed by atoms with Gasteiger partial charge in [-0.2, -0.15) is 0 Å². The van der Waals surface area contributed by atoms with Gasteiger partial charge in [-0.15, -0.1) is 10.2 Å². The summed E-state index contributed by atoms with van der Waals surface area (Å²) >= 11 is 7.74. The van der Waals surface area contributed by atoms with Crippen molar-refractivity contribution in [2.75, 3.05) is 11.9 Å². The standard InChI is InChI=1S/C22H23ClFN5O2S/c1-11(2)25-19-7-13(6-12(3)26-19)21-28-29-22(32-21)15-8-17(24)18(9-16(15)23)31-10-14-4-5-20(30)27-14/h6-9,11,14H,4-5,10H2,1-3H3,(H,25,26)(H,27,30)/t14-/m1/s1. The quantitative estimate of drug-likeness (QED) is 0.508. The van der Waals surface area contributed by atoms with Gasteiger partial charge < -0.3 is 15.4 Å². The Morgan fingerprint density at radius 2 is 2.06 bits per heavy atom. The third-order valence-corrected chi connectivity index (χ3v) is 6.16. The Morgan fingerprint density at radius 3 is 2.78 bits per heavy atom. The number of ether oxygens (including phenoxy) is 1. The van der Waals surface area contributed by atoms with Gasteiger partial charge in [0.15, 0.2) is 11.6 Å². The number of halogens is 2. The Kier molecular flexibility index (Phi) is 6.57. The predicted molar refractivity (Wildman–Crippen MR) is 124 cm³/mol. The van der Waals surface area contributed by atoms with E-state index in [1.54, 1.807) is 0 Å². The van der Waals surface area contributed by atoms with E-state index in [1.807, 2.05) is 32.9 Å². The van der Waals surface area contributed by atoms with Crippen molar-refractivity contribution in [1.29, 1.82) is 0 Å². The average molecular weight is 476 g/mol. The summed E-state index contributed by atoms with van der Waals surface area (Å²) in [5.74, 6) is 0.235. The van der Waals surface area contributed by atoms with Crippen LogP contribution < -0.4 is 15.4 Å². The first-order valence-electron chi connectivity index (χ1n) is 10.3. The highest BCUT2D eigenvalue weighted by Crippen LogP contribution is 2.37. The molecule has 168 valence electrons. The summed E-state index contributed by atoms with van der Waals surface area (Å²) in [6.07, 6.45) is 1.13. The lowest BCUT2D eigenvalue weighted by atomic mass is 10.2. The van der Waals surface area contributed by atoms with E-state index in [0.29, 0.717) is 33.4 Å². The van der Waals surface area contributed by atoms with Gasteiger partial charge in [0.25, 0.3) is 0 Å². The molecule has 0 spiro atoms. The third kappa shape index (κ3) is 5.16. The molecule has 4 rings (SSSR count). The highest BCUT2D eigenvalue weighted by atomic mass is 35.5. The number of carbonyl (C=O) groups excluding carboxylic acids is 1. The second kappa shape index (κ2) is 9.38. The lowest BCUT2D eigenvalue weighted by Gasteiger charge is -2.13. The van der Waals surface area contributed by atoms with Gasteiger partial charge >= 0.3 is 0 Å². The van der Waals surface area contributed by atoms with Crippen LogP contribution in [0.4, 0.5) is 10.2 Å². The molecule has 1 aromatic carbocycles. The van der Waals surface area contributed by atoms with Gasteiger partial charge in [0.05, 0.1) is 11.1 Å². The molecule has 0 unspecified atom stereocenters. The maximum absolute atomic E-state index is 14.7. The summed E-state index contributed by atoms with van der Waals surface area (Å²) in [4.78, 5) is 15.8. The topological polar surface area (TPSA) is 89.0 Å². The summed E-state index contributed by atoms with van der Waals surface area (Å²) in [7, 11) is 0. The number of nitrogens with zero attached hydrogens (tertiary/aromatic N) is 3. The first-order valence-corrected chi connectivity index (χ1v) is 11.5. The summed E-state index contributed by atoms with van der Waals surface area (Å²) < 4.78 is 20.2. The fourth-order valence-electron chi connectivity index (χ4n) is 3.41. The molecule has 0 saturated carbocycles. The van der Waals surface area contributed by atoms with Gasteiger partial charge in [-0.05, 0) is 45.4 Å². The van der Waals surface area contributed by atoms with Crippen LogP contribution in [0.2, 0.25) is 5.02 Å². The second-order valence-electron chi connectivity index (χ2n) is 7.97. The van der Waals surface area contributed by atoms with Gasteiger partial charge in [0.2, 0.25) is 5.91 Å². The number of nitrogens with one attached hydrogen (secondary N) is 2. The van der Waals surface area contributed by atoms with Crippen LogP contribution in [-0.2, 0) is 4.79 Å². The van der Waals surface area contributed by atoms with Crippen molar-refractivity contribution in [2.24, 2.45) is 0 Å². The first kappa shape index (κ1) is 22.4. The summed E-state index contributed by atoms with van der Waals surface area (Å²) in [6, 6.07) is 6.71. The van der Waals surface area contributed by atoms with Gasteiger partial charge in [-0.25, -0.2) is 9.37 Å². The molecule has 1 amide bonds. The Balaban J connectivity index is 1.54. The van der Waals surface area contributed by atoms with Crippen molar-refractivity contribution < 1.29 is 13.9 Å². The molecule has 1 aliphatic rings. The number of anilines is 1. The van der Waals surface area contributed by atoms with Crippen LogP contribution in [0.25, 0.3) is 21.1 Å². The van der Waals surface area contributed by atoms with Crippen LogP contribution in [0.5, 0.6) is 5.75 Å². The minimum absolute atomic E-state index is 0.0176. The molecule has 0 aliphatic carbocycles. The van der Waals surface area contributed by atoms with Crippen LogP contribution in [0.3, 0.4) is 0 Å². The van der Waals surface area contributed by atoms with Crippen molar-refractivity contribution >= 4 is 34.7 Å². The maximum atomic E-state index is 14.7. The van der Waals surface area contributed by atoms with Crippen molar-refractivity contribution in [3.05, 3.63) is 40.8 Å². The van der Waals surface area contributed by atoms with Crippen molar-refractivity contribution in [3.8, 4) is 26.9 Å². The third-order valence-electron chi connectivity index (χ3n) is 4.84. The molecule has 3 aromatic rings. The molecule has 32 heavy (non-hydrogen) atoms. The number of pyridine rings is 1. The van der Waals surface area contributed by atoms with E-state index >= 15 is 0 Å². The first-order chi connectivity index (χ1) is 15.3. The Morgan fingerprint density at radius 1 is 1.28 bits per heavy atom. The van der Waals surface area contributed by atoms with Crippen LogP contribution in [0.15, 0.2) is 24.3 Å². The molecule has 10 heteroatoms. The summed E-state index contributed by atoms with van der Waals surface area (Å²) in [5.41, 5.74) is 2.17. The van der Waals surface area contributed by atoms with Crippen LogP contribution in [0.1, 0.15) is 32.4 Å². The van der Waals surface area contributed by atoms with Gasteiger partial charge in [0.1, 0.15) is 22.4 Å². The lowest BCUT2D eigenvalue weighted by molar-refractivity contribution is -0.119. The van der Waals surface area contributed by atoms with E-state index in [1.165, 1.54) is 23.5 Å². The van der Waals surface area contributed by atoms with Gasteiger partial charge in [-0.1, -0.05) is 22.9 Å². The SMILES string of the molecule is Cc1cc(-c2nnc(-c3cc(F)c(OC[C@H]4CCC(=O)N4)cc3Cl)s2)cc(NC(C)C)n1. The van der Waals surface area contributed by atoms with Crippen LogP contribution in [0, 0.1) is 12.7 Å². The number of amides is 1. The largest absolute Gasteiger partial charge is 0.488 e.